The highest BCUT2D eigenvalue weighted by atomic mass is 15.0. The Morgan fingerprint density at radius 2 is 0.927 bits per heavy atom. The quantitative estimate of drug-likeness (QED) is 0.157. The minimum absolute atomic E-state index is 1.11. The van der Waals surface area contributed by atoms with Gasteiger partial charge in [-0.15, -0.1) is 0 Å². The third-order valence-corrected chi connectivity index (χ3v) is 11.6. The lowest BCUT2D eigenvalue weighted by molar-refractivity contribution is 0.796. The summed E-state index contributed by atoms with van der Waals surface area (Å²) in [6.45, 7) is 2.27. The maximum Gasteiger partial charge on any atom is 0.0641 e. The van der Waals surface area contributed by atoms with Crippen molar-refractivity contribution in [1.29, 1.82) is 0 Å². The summed E-state index contributed by atoms with van der Waals surface area (Å²) in [5.41, 5.74) is 14.6. The average molecular weight is 706 g/mol. The molecule has 0 amide bonds. The van der Waals surface area contributed by atoms with E-state index in [4.69, 9.17) is 0 Å². The minimum atomic E-state index is 1.11. The van der Waals surface area contributed by atoms with E-state index in [1.807, 2.05) is 0 Å². The molecular formula is C52H39N3. The largest absolute Gasteiger partial charge is 0.309 e. The summed E-state index contributed by atoms with van der Waals surface area (Å²) in [4.78, 5) is 0. The van der Waals surface area contributed by atoms with Gasteiger partial charge in [0, 0.05) is 49.4 Å². The highest BCUT2D eigenvalue weighted by Gasteiger charge is 2.21. The van der Waals surface area contributed by atoms with Crippen molar-refractivity contribution in [2.75, 3.05) is 0 Å². The summed E-state index contributed by atoms with van der Waals surface area (Å²) in [5, 5.41) is 7.63. The summed E-state index contributed by atoms with van der Waals surface area (Å²) in [6.07, 6.45) is 3.51. The van der Waals surface area contributed by atoms with E-state index in [-0.39, 0.29) is 0 Å². The monoisotopic (exact) mass is 705 g/mol. The molecule has 55 heavy (non-hydrogen) atoms. The minimum Gasteiger partial charge on any atom is -0.309 e. The first-order valence-electron chi connectivity index (χ1n) is 19.5. The number of rotatable bonds is 7. The highest BCUT2D eigenvalue weighted by molar-refractivity contribution is 6.26. The lowest BCUT2D eigenvalue weighted by Crippen LogP contribution is -1.99. The predicted molar refractivity (Wildman–Crippen MR) is 234 cm³/mol. The fraction of sp³-hybridized carbons (Fsp3) is 0.0769. The summed E-state index contributed by atoms with van der Waals surface area (Å²) >= 11 is 0. The third-order valence-electron chi connectivity index (χ3n) is 11.6. The number of benzene rings is 8. The summed E-state index contributed by atoms with van der Waals surface area (Å²) < 4.78 is 7.39. The lowest BCUT2D eigenvalue weighted by Gasteiger charge is -2.14. The normalized spacial score (nSPS) is 11.9. The number of unbranched alkanes of at least 4 members (excludes halogenated alkanes) is 1. The van der Waals surface area contributed by atoms with E-state index >= 15 is 0 Å². The van der Waals surface area contributed by atoms with Gasteiger partial charge in [0.2, 0.25) is 0 Å². The Labute approximate surface area is 319 Å². The Morgan fingerprint density at radius 1 is 0.364 bits per heavy atom. The molecule has 3 nitrogen and oxygen atoms in total. The first-order valence-corrected chi connectivity index (χ1v) is 19.5. The molecule has 0 unspecified atom stereocenters. The number of hydrogen-bond acceptors (Lipinski definition) is 0. The Balaban J connectivity index is 1.16. The number of hydrogen-bond donors (Lipinski definition) is 0. The Hall–Kier alpha value is -6.84. The van der Waals surface area contributed by atoms with E-state index in [0.29, 0.717) is 0 Å². The molecule has 0 aliphatic rings. The van der Waals surface area contributed by atoms with Crippen molar-refractivity contribution in [3.8, 4) is 28.2 Å². The van der Waals surface area contributed by atoms with Gasteiger partial charge in [0.05, 0.1) is 33.1 Å². The molecule has 0 radical (unpaired) electrons. The molecule has 8 aromatic carbocycles. The molecule has 0 spiro atoms. The van der Waals surface area contributed by atoms with Crippen LogP contribution in [0.2, 0.25) is 0 Å². The molecule has 0 saturated heterocycles. The van der Waals surface area contributed by atoms with Crippen LogP contribution < -0.4 is 0 Å². The molecular weight excluding hydrogens is 667 g/mol. The van der Waals surface area contributed by atoms with Crippen LogP contribution in [0.4, 0.5) is 0 Å². The number of aromatic nitrogens is 3. The fourth-order valence-corrected chi connectivity index (χ4v) is 9.09. The number of para-hydroxylation sites is 3. The lowest BCUT2D eigenvalue weighted by atomic mass is 10.0. The second-order valence-corrected chi connectivity index (χ2v) is 14.8. The zero-order valence-electron chi connectivity index (χ0n) is 30.8. The average Bonchev–Trinajstić information content (AvgIpc) is 3.89. The fourth-order valence-electron chi connectivity index (χ4n) is 9.09. The molecule has 0 N–H and O–H groups in total. The first kappa shape index (κ1) is 31.7. The molecule has 0 saturated carbocycles. The van der Waals surface area contributed by atoms with Crippen LogP contribution in [0.1, 0.15) is 25.3 Å². The molecule has 0 atom stereocenters. The number of aryl methyl sites for hydroxylation is 1. The Kier molecular flexibility index (Phi) is 7.28. The van der Waals surface area contributed by atoms with Crippen LogP contribution >= 0.6 is 0 Å². The first-order chi connectivity index (χ1) is 27.3. The zero-order chi connectivity index (χ0) is 36.5. The highest BCUT2D eigenvalue weighted by Crippen LogP contribution is 2.43. The van der Waals surface area contributed by atoms with Crippen LogP contribution in [0.15, 0.2) is 182 Å². The standard InChI is InChI=1S/C52H39N3/c1-2-3-14-35-25-31-49-45(33-35)42-20-8-10-22-46(42)54(49)39-17-13-18-40(34-39)55-47-23-11-7-19-41(47)43-30-32-50-51(52(43)55)44-21-9-12-24-48(44)53(50)38-28-26-37(27-29-38)36-15-5-4-6-16-36/h4-13,15-34H,2-3,14H2,1H3. The van der Waals surface area contributed by atoms with Gasteiger partial charge >= 0.3 is 0 Å². The van der Waals surface area contributed by atoms with Crippen LogP contribution in [0.25, 0.3) is 93.6 Å². The van der Waals surface area contributed by atoms with Gasteiger partial charge in [-0.2, -0.15) is 0 Å². The van der Waals surface area contributed by atoms with Crippen LogP contribution in [-0.2, 0) is 6.42 Å². The van der Waals surface area contributed by atoms with E-state index in [9.17, 15) is 0 Å². The maximum atomic E-state index is 2.50. The van der Waals surface area contributed by atoms with Crippen molar-refractivity contribution in [1.82, 2.24) is 13.7 Å². The third kappa shape index (κ3) is 4.90. The van der Waals surface area contributed by atoms with Crippen molar-refractivity contribution in [2.24, 2.45) is 0 Å². The van der Waals surface area contributed by atoms with Gasteiger partial charge in [0.25, 0.3) is 0 Å². The van der Waals surface area contributed by atoms with E-state index in [1.165, 1.54) is 94.9 Å². The van der Waals surface area contributed by atoms with Gasteiger partial charge in [-0.3, -0.25) is 0 Å². The van der Waals surface area contributed by atoms with Gasteiger partial charge in [-0.05, 0) is 96.3 Å². The van der Waals surface area contributed by atoms with Gasteiger partial charge in [-0.1, -0.05) is 129 Å². The summed E-state index contributed by atoms with van der Waals surface area (Å²) in [5.74, 6) is 0. The van der Waals surface area contributed by atoms with Gasteiger partial charge in [-0.25, -0.2) is 0 Å². The van der Waals surface area contributed by atoms with Gasteiger partial charge in [0.15, 0.2) is 0 Å². The molecule has 11 rings (SSSR count). The predicted octanol–water partition coefficient (Wildman–Crippen LogP) is 14.0. The topological polar surface area (TPSA) is 14.8 Å². The van der Waals surface area contributed by atoms with E-state index < -0.39 is 0 Å². The molecule has 0 bridgehead atoms. The molecule has 11 aromatic rings. The SMILES string of the molecule is CCCCc1ccc2c(c1)c1ccccc1n2-c1cccc(-n2c3ccccc3c3ccc4c(c5ccccc5n4-c4ccc(-c5ccccc5)cc4)c32)c1. The smallest absolute Gasteiger partial charge is 0.0641 e. The second kappa shape index (κ2) is 12.6. The summed E-state index contributed by atoms with van der Waals surface area (Å²) in [6, 6.07) is 67.1. The van der Waals surface area contributed by atoms with Gasteiger partial charge in [0.1, 0.15) is 0 Å². The van der Waals surface area contributed by atoms with Crippen molar-refractivity contribution >= 4 is 65.4 Å². The molecule has 0 fully saturated rings. The van der Waals surface area contributed by atoms with Crippen molar-refractivity contribution < 1.29 is 0 Å². The zero-order valence-corrected chi connectivity index (χ0v) is 30.8. The van der Waals surface area contributed by atoms with Crippen molar-refractivity contribution in [3.63, 3.8) is 0 Å². The number of nitrogens with zero attached hydrogens (tertiary/aromatic N) is 3. The summed E-state index contributed by atoms with van der Waals surface area (Å²) in [7, 11) is 0. The molecule has 3 aromatic heterocycles. The molecule has 0 aliphatic carbocycles. The molecule has 3 heterocycles. The van der Waals surface area contributed by atoms with E-state index in [1.54, 1.807) is 0 Å². The van der Waals surface area contributed by atoms with Crippen LogP contribution in [0.3, 0.4) is 0 Å². The maximum absolute atomic E-state index is 2.50. The molecule has 3 heteroatoms. The van der Waals surface area contributed by atoms with Crippen LogP contribution in [-0.4, -0.2) is 13.7 Å². The van der Waals surface area contributed by atoms with Crippen molar-refractivity contribution in [2.45, 2.75) is 26.2 Å². The molecule has 0 aliphatic heterocycles. The van der Waals surface area contributed by atoms with Gasteiger partial charge < -0.3 is 13.7 Å². The number of fused-ring (bicyclic) bond motifs is 10. The van der Waals surface area contributed by atoms with Crippen LogP contribution in [0.5, 0.6) is 0 Å². The Bertz CT molecular complexity index is 3230. The van der Waals surface area contributed by atoms with E-state index in [0.717, 1.165) is 23.5 Å². The van der Waals surface area contributed by atoms with Crippen LogP contribution in [0, 0.1) is 0 Å². The van der Waals surface area contributed by atoms with E-state index in [2.05, 4.69) is 203 Å². The van der Waals surface area contributed by atoms with Crippen molar-refractivity contribution in [3.05, 3.63) is 188 Å². The molecule has 262 valence electrons. The second-order valence-electron chi connectivity index (χ2n) is 14.8. The Morgan fingerprint density at radius 3 is 1.67 bits per heavy atom.